The molecule has 6 N–H and O–H groups in total. The lowest BCUT2D eigenvalue weighted by atomic mass is 10.2. The number of nitrogen functional groups attached to an aromatic ring is 2. The van der Waals surface area contributed by atoms with Gasteiger partial charge in [0.25, 0.3) is 10.1 Å². The van der Waals surface area contributed by atoms with Crippen molar-refractivity contribution in [2.75, 3.05) is 16.8 Å². The fourth-order valence-electron chi connectivity index (χ4n) is 2.44. The number of benzene rings is 2. The molecule has 13 nitrogen and oxygen atoms in total. The third kappa shape index (κ3) is 5.78. The number of nitrogens with one attached hydrogen (secondary N) is 1. The predicted octanol–water partition coefficient (Wildman–Crippen LogP) is 3.01. The van der Waals surface area contributed by atoms with Gasteiger partial charge in [0, 0.05) is 5.41 Å². The Bertz CT molecular complexity index is 1460. The average molecular weight is 511 g/mol. The van der Waals surface area contributed by atoms with Crippen LogP contribution in [0.3, 0.4) is 0 Å². The fraction of sp³-hybridized carbons (Fsp3) is 0. The van der Waals surface area contributed by atoms with Gasteiger partial charge in [-0.15, -0.1) is 5.11 Å². The maximum absolute atomic E-state index is 11.8. The van der Waals surface area contributed by atoms with E-state index in [1.165, 1.54) is 24.3 Å². The largest absolute Gasteiger partial charge is 0.398 e. The lowest BCUT2D eigenvalue weighted by molar-refractivity contribution is 0.483. The zero-order valence-corrected chi connectivity index (χ0v) is 18.8. The highest BCUT2D eigenvalue weighted by molar-refractivity contribution is 7.94. The molecule has 1 aromatic heterocycles. The number of hydrogen-bond acceptors (Lipinski definition) is 12. The SMILES string of the molecule is C=CS(=O)(=O)c1ccc(N=Nc2cc(N)c(S(=O)(=O)O)cc2Nc2nc(N)nc(Cl)n2)cc1. The third-order valence-electron chi connectivity index (χ3n) is 3.94. The van der Waals surface area contributed by atoms with Gasteiger partial charge in [0.05, 0.1) is 22.0 Å². The van der Waals surface area contributed by atoms with Crippen LogP contribution in [0, 0.1) is 0 Å². The van der Waals surface area contributed by atoms with Crippen molar-refractivity contribution in [3.63, 3.8) is 0 Å². The minimum absolute atomic E-state index is 0.0184. The summed E-state index contributed by atoms with van der Waals surface area (Å²) in [7, 11) is -8.29. The molecule has 33 heavy (non-hydrogen) atoms. The number of halogens is 1. The van der Waals surface area contributed by atoms with Crippen LogP contribution in [0.25, 0.3) is 0 Å². The molecule has 0 aliphatic heterocycles. The van der Waals surface area contributed by atoms with E-state index in [0.29, 0.717) is 0 Å². The van der Waals surface area contributed by atoms with E-state index in [9.17, 15) is 21.4 Å². The molecule has 0 saturated heterocycles. The smallest absolute Gasteiger partial charge is 0.296 e. The highest BCUT2D eigenvalue weighted by Crippen LogP contribution is 2.35. The summed E-state index contributed by atoms with van der Waals surface area (Å²) in [4.78, 5) is 10.7. The number of azo groups is 1. The number of sulfone groups is 1. The van der Waals surface area contributed by atoms with E-state index in [-0.39, 0.29) is 44.8 Å². The van der Waals surface area contributed by atoms with Gasteiger partial charge in [0.1, 0.15) is 10.6 Å². The summed E-state index contributed by atoms with van der Waals surface area (Å²) in [6, 6.07) is 7.56. The number of aromatic nitrogens is 3. The molecule has 172 valence electrons. The molecule has 16 heteroatoms. The Balaban J connectivity index is 2.04. The van der Waals surface area contributed by atoms with Crippen LogP contribution in [0.2, 0.25) is 5.28 Å². The van der Waals surface area contributed by atoms with E-state index in [4.69, 9.17) is 23.1 Å². The number of anilines is 4. The summed E-state index contributed by atoms with van der Waals surface area (Å²) in [6.45, 7) is 3.26. The standard InChI is InChI=1S/C17H15ClN8O5S2/c1-2-32(27,28)10-5-3-9(4-6-10)25-26-13-7-11(19)14(33(29,30)31)8-12(13)21-17-23-15(18)22-16(20)24-17/h2-8H,1,19H2,(H,29,30,31)(H3,20,21,22,23,24). The van der Waals surface area contributed by atoms with Crippen molar-refractivity contribution in [3.05, 3.63) is 53.7 Å². The van der Waals surface area contributed by atoms with Gasteiger partial charge in [-0.2, -0.15) is 28.5 Å². The average Bonchev–Trinajstić information content (AvgIpc) is 2.72. The molecule has 0 atom stereocenters. The summed E-state index contributed by atoms with van der Waals surface area (Å²) >= 11 is 5.75. The normalized spacial score (nSPS) is 12.1. The Morgan fingerprint density at radius 3 is 2.27 bits per heavy atom. The second-order valence-electron chi connectivity index (χ2n) is 6.20. The molecule has 0 saturated carbocycles. The highest BCUT2D eigenvalue weighted by atomic mass is 35.5. The second-order valence-corrected chi connectivity index (χ2v) is 9.82. The quantitative estimate of drug-likeness (QED) is 0.205. The van der Waals surface area contributed by atoms with Gasteiger partial charge in [-0.3, -0.25) is 4.55 Å². The molecule has 0 unspecified atom stereocenters. The Morgan fingerprint density at radius 1 is 1.03 bits per heavy atom. The van der Waals surface area contributed by atoms with Crippen LogP contribution in [0.4, 0.5) is 34.6 Å². The zero-order chi connectivity index (χ0) is 24.4. The number of hydrogen-bond donors (Lipinski definition) is 4. The third-order valence-corrected chi connectivity index (χ3v) is 6.38. The van der Waals surface area contributed by atoms with Gasteiger partial charge in [-0.25, -0.2) is 8.42 Å². The molecule has 0 radical (unpaired) electrons. The first-order chi connectivity index (χ1) is 15.4. The summed E-state index contributed by atoms with van der Waals surface area (Å²) in [6.07, 6.45) is 0. The highest BCUT2D eigenvalue weighted by Gasteiger charge is 2.19. The van der Waals surface area contributed by atoms with E-state index >= 15 is 0 Å². The molecular formula is C17H15ClN8O5S2. The first-order valence-electron chi connectivity index (χ1n) is 8.63. The van der Waals surface area contributed by atoms with Crippen molar-refractivity contribution in [1.29, 1.82) is 0 Å². The van der Waals surface area contributed by atoms with Crippen molar-refractivity contribution in [1.82, 2.24) is 15.0 Å². The zero-order valence-electron chi connectivity index (χ0n) is 16.4. The molecule has 0 aliphatic rings. The molecule has 2 aromatic carbocycles. The van der Waals surface area contributed by atoms with Crippen molar-refractivity contribution < 1.29 is 21.4 Å². The molecule has 0 bridgehead atoms. The fourth-order valence-corrected chi connectivity index (χ4v) is 3.94. The topological polar surface area (TPSA) is 216 Å². The molecule has 3 aromatic rings. The van der Waals surface area contributed by atoms with Crippen LogP contribution in [-0.4, -0.2) is 36.3 Å². The molecule has 3 rings (SSSR count). The predicted molar refractivity (Wildman–Crippen MR) is 121 cm³/mol. The second kappa shape index (κ2) is 9.07. The maximum Gasteiger partial charge on any atom is 0.296 e. The van der Waals surface area contributed by atoms with Crippen LogP contribution in [0.1, 0.15) is 0 Å². The van der Waals surface area contributed by atoms with Crippen molar-refractivity contribution >= 4 is 66.2 Å². The molecular weight excluding hydrogens is 496 g/mol. The van der Waals surface area contributed by atoms with Gasteiger partial charge in [0.2, 0.25) is 17.2 Å². The van der Waals surface area contributed by atoms with Crippen LogP contribution >= 0.6 is 11.6 Å². The van der Waals surface area contributed by atoms with E-state index < -0.39 is 24.9 Å². The Morgan fingerprint density at radius 2 is 1.70 bits per heavy atom. The molecule has 1 heterocycles. The van der Waals surface area contributed by atoms with Gasteiger partial charge in [-0.1, -0.05) is 6.58 Å². The number of rotatable bonds is 7. The van der Waals surface area contributed by atoms with Gasteiger partial charge >= 0.3 is 0 Å². The molecule has 0 aliphatic carbocycles. The Hall–Kier alpha value is -3.66. The summed E-state index contributed by atoms with van der Waals surface area (Å²) in [5.41, 5.74) is 11.2. The Kier molecular flexibility index (Phi) is 6.59. The monoisotopic (exact) mass is 510 g/mol. The first-order valence-corrected chi connectivity index (χ1v) is 12.0. The first kappa shape index (κ1) is 24.0. The van der Waals surface area contributed by atoms with Gasteiger partial charge < -0.3 is 16.8 Å². The molecule has 0 fully saturated rings. The van der Waals surface area contributed by atoms with Crippen molar-refractivity contribution in [2.45, 2.75) is 9.79 Å². The number of nitrogens with zero attached hydrogens (tertiary/aromatic N) is 5. The van der Waals surface area contributed by atoms with Crippen LogP contribution in [-0.2, 0) is 20.0 Å². The minimum Gasteiger partial charge on any atom is -0.398 e. The molecule has 0 amide bonds. The van der Waals surface area contributed by atoms with E-state index in [1.54, 1.807) is 0 Å². The lowest BCUT2D eigenvalue weighted by Gasteiger charge is -2.11. The van der Waals surface area contributed by atoms with Crippen molar-refractivity contribution in [2.24, 2.45) is 10.2 Å². The summed E-state index contributed by atoms with van der Waals surface area (Å²) in [5, 5.41) is 11.3. The lowest BCUT2D eigenvalue weighted by Crippen LogP contribution is -2.06. The summed E-state index contributed by atoms with van der Waals surface area (Å²) in [5.74, 6) is -0.352. The van der Waals surface area contributed by atoms with Crippen LogP contribution in [0.5, 0.6) is 0 Å². The van der Waals surface area contributed by atoms with E-state index in [1.807, 2.05) is 0 Å². The van der Waals surface area contributed by atoms with Crippen molar-refractivity contribution in [3.8, 4) is 0 Å². The minimum atomic E-state index is -4.68. The Labute approximate surface area is 192 Å². The van der Waals surface area contributed by atoms with Gasteiger partial charge in [-0.05, 0) is 48.0 Å². The van der Waals surface area contributed by atoms with Crippen LogP contribution in [0.15, 0.2) is 68.4 Å². The van der Waals surface area contributed by atoms with Crippen LogP contribution < -0.4 is 16.8 Å². The van der Waals surface area contributed by atoms with E-state index in [0.717, 1.165) is 17.5 Å². The number of nitrogens with two attached hydrogens (primary N) is 2. The maximum atomic E-state index is 11.8. The van der Waals surface area contributed by atoms with E-state index in [2.05, 4.69) is 37.1 Å². The van der Waals surface area contributed by atoms with Gasteiger partial charge in [0.15, 0.2) is 9.84 Å². The summed E-state index contributed by atoms with van der Waals surface area (Å²) < 4.78 is 56.4. The molecule has 0 spiro atoms.